The number of ether oxygens (including phenoxy) is 1. The first-order chi connectivity index (χ1) is 6.63. The van der Waals surface area contributed by atoms with Crippen LogP contribution in [0.4, 0.5) is 0 Å². The second-order valence-electron chi connectivity index (χ2n) is 2.87. The van der Waals surface area contributed by atoms with Gasteiger partial charge in [0.1, 0.15) is 5.75 Å². The summed E-state index contributed by atoms with van der Waals surface area (Å²) in [6.07, 6.45) is -0.0459. The molecule has 4 heteroatoms. The second kappa shape index (κ2) is 4.86. The van der Waals surface area contributed by atoms with Crippen LogP contribution in [-0.4, -0.2) is 12.0 Å². The van der Waals surface area contributed by atoms with Gasteiger partial charge in [0.25, 0.3) is 5.91 Å². The first-order valence-electron chi connectivity index (χ1n) is 4.35. The Kier molecular flexibility index (Phi) is 3.77. The minimum atomic E-state index is -0.589. The van der Waals surface area contributed by atoms with Gasteiger partial charge in [0, 0.05) is 5.02 Å². The maximum absolute atomic E-state index is 10.9. The molecule has 76 valence electrons. The topological polar surface area (TPSA) is 52.3 Å². The van der Waals surface area contributed by atoms with Crippen molar-refractivity contribution in [3.63, 3.8) is 0 Å². The third-order valence-corrected chi connectivity index (χ3v) is 2.00. The van der Waals surface area contributed by atoms with Crippen molar-refractivity contribution in [1.29, 1.82) is 0 Å². The molecule has 2 N–H and O–H groups in total. The van der Waals surface area contributed by atoms with Gasteiger partial charge in [0.2, 0.25) is 0 Å². The number of nitrogens with two attached hydrogens (primary N) is 1. The van der Waals surface area contributed by atoms with E-state index in [1.54, 1.807) is 24.3 Å². The molecular formula is C10H12ClNO2. The maximum Gasteiger partial charge on any atom is 0.258 e. The molecule has 1 amide bonds. The van der Waals surface area contributed by atoms with Crippen LogP contribution in [0.2, 0.25) is 5.02 Å². The number of amides is 1. The zero-order valence-electron chi connectivity index (χ0n) is 7.87. The first-order valence-corrected chi connectivity index (χ1v) is 4.72. The zero-order valence-corrected chi connectivity index (χ0v) is 8.62. The Labute approximate surface area is 87.8 Å². The van der Waals surface area contributed by atoms with Gasteiger partial charge in [-0.15, -0.1) is 0 Å². The third-order valence-electron chi connectivity index (χ3n) is 1.76. The Bertz CT molecular complexity index is 328. The highest BCUT2D eigenvalue weighted by atomic mass is 35.5. The molecule has 0 spiro atoms. The lowest BCUT2D eigenvalue weighted by Gasteiger charge is -2.13. The highest BCUT2D eigenvalue weighted by Crippen LogP contribution is 2.18. The van der Waals surface area contributed by atoms with Crippen molar-refractivity contribution in [3.8, 4) is 5.75 Å². The molecule has 1 aromatic rings. The Hall–Kier alpha value is -1.22. The molecule has 0 aliphatic heterocycles. The molecule has 0 aliphatic carbocycles. The van der Waals surface area contributed by atoms with E-state index >= 15 is 0 Å². The van der Waals surface area contributed by atoms with Gasteiger partial charge in [0.05, 0.1) is 0 Å². The van der Waals surface area contributed by atoms with Crippen molar-refractivity contribution in [2.75, 3.05) is 0 Å². The fourth-order valence-corrected chi connectivity index (χ4v) is 1.23. The number of halogens is 1. The Morgan fingerprint density at radius 2 is 2.36 bits per heavy atom. The Morgan fingerprint density at radius 3 is 2.86 bits per heavy atom. The van der Waals surface area contributed by atoms with Crippen molar-refractivity contribution in [2.45, 2.75) is 19.4 Å². The van der Waals surface area contributed by atoms with Crippen LogP contribution < -0.4 is 10.5 Å². The van der Waals surface area contributed by atoms with E-state index in [4.69, 9.17) is 22.1 Å². The van der Waals surface area contributed by atoms with E-state index in [1.165, 1.54) is 0 Å². The van der Waals surface area contributed by atoms with Crippen LogP contribution in [-0.2, 0) is 4.79 Å². The fourth-order valence-electron chi connectivity index (χ4n) is 1.05. The van der Waals surface area contributed by atoms with Crippen LogP contribution in [0.5, 0.6) is 5.75 Å². The summed E-state index contributed by atoms with van der Waals surface area (Å²) in [7, 11) is 0. The van der Waals surface area contributed by atoms with Gasteiger partial charge in [-0.1, -0.05) is 24.6 Å². The summed E-state index contributed by atoms with van der Waals surface area (Å²) >= 11 is 5.75. The highest BCUT2D eigenvalue weighted by Gasteiger charge is 2.14. The maximum atomic E-state index is 10.9. The van der Waals surface area contributed by atoms with E-state index < -0.39 is 12.0 Å². The lowest BCUT2D eigenvalue weighted by Crippen LogP contribution is -2.32. The average molecular weight is 214 g/mol. The SMILES string of the molecule is CCC(Oc1cccc(Cl)c1)C(N)=O. The first kappa shape index (κ1) is 10.9. The number of benzene rings is 1. The van der Waals surface area contributed by atoms with E-state index in [0.717, 1.165) is 0 Å². The molecule has 3 nitrogen and oxygen atoms in total. The highest BCUT2D eigenvalue weighted by molar-refractivity contribution is 6.30. The van der Waals surface area contributed by atoms with Gasteiger partial charge < -0.3 is 10.5 Å². The summed E-state index contributed by atoms with van der Waals surface area (Å²) in [5.74, 6) is 0.0932. The van der Waals surface area contributed by atoms with Gasteiger partial charge in [-0.05, 0) is 24.6 Å². The van der Waals surface area contributed by atoms with Crippen molar-refractivity contribution in [3.05, 3.63) is 29.3 Å². The van der Waals surface area contributed by atoms with Crippen molar-refractivity contribution in [1.82, 2.24) is 0 Å². The lowest BCUT2D eigenvalue weighted by molar-refractivity contribution is -0.124. The third kappa shape index (κ3) is 2.92. The molecule has 0 heterocycles. The van der Waals surface area contributed by atoms with E-state index in [-0.39, 0.29) is 0 Å². The summed E-state index contributed by atoms with van der Waals surface area (Å²) < 4.78 is 5.35. The largest absolute Gasteiger partial charge is 0.481 e. The average Bonchev–Trinajstić information content (AvgIpc) is 2.14. The molecule has 0 saturated carbocycles. The standard InChI is InChI=1S/C10H12ClNO2/c1-2-9(10(12)13)14-8-5-3-4-7(11)6-8/h3-6,9H,2H2,1H3,(H2,12,13). The zero-order chi connectivity index (χ0) is 10.6. The number of hydrogen-bond acceptors (Lipinski definition) is 2. The normalized spacial score (nSPS) is 12.1. The van der Waals surface area contributed by atoms with Crippen LogP contribution in [0.25, 0.3) is 0 Å². The monoisotopic (exact) mass is 213 g/mol. The van der Waals surface area contributed by atoms with Crippen LogP contribution in [0.1, 0.15) is 13.3 Å². The minimum Gasteiger partial charge on any atom is -0.481 e. The predicted molar refractivity (Wildman–Crippen MR) is 55.4 cm³/mol. The molecule has 0 radical (unpaired) electrons. The summed E-state index contributed by atoms with van der Waals surface area (Å²) in [6.45, 7) is 1.83. The summed E-state index contributed by atoms with van der Waals surface area (Å²) in [5, 5.41) is 0.571. The van der Waals surface area contributed by atoms with Gasteiger partial charge in [0.15, 0.2) is 6.10 Å². The van der Waals surface area contributed by atoms with Crippen LogP contribution >= 0.6 is 11.6 Å². The molecule has 1 aromatic carbocycles. The predicted octanol–water partition coefficient (Wildman–Crippen LogP) is 1.98. The van der Waals surface area contributed by atoms with Gasteiger partial charge in [-0.25, -0.2) is 0 Å². The minimum absolute atomic E-state index is 0.465. The quantitative estimate of drug-likeness (QED) is 0.832. The van der Waals surface area contributed by atoms with Gasteiger partial charge in [-0.2, -0.15) is 0 Å². The van der Waals surface area contributed by atoms with Crippen molar-refractivity contribution in [2.24, 2.45) is 5.73 Å². The molecular weight excluding hydrogens is 202 g/mol. The number of rotatable bonds is 4. The smallest absolute Gasteiger partial charge is 0.258 e. The number of hydrogen-bond donors (Lipinski definition) is 1. The molecule has 0 aromatic heterocycles. The Morgan fingerprint density at radius 1 is 1.64 bits per heavy atom. The number of carbonyl (C=O) groups excluding carboxylic acids is 1. The molecule has 1 unspecified atom stereocenters. The van der Waals surface area contributed by atoms with E-state index in [2.05, 4.69) is 0 Å². The van der Waals surface area contributed by atoms with Crippen LogP contribution in [0.15, 0.2) is 24.3 Å². The number of primary amides is 1. The van der Waals surface area contributed by atoms with Crippen molar-refractivity contribution >= 4 is 17.5 Å². The summed E-state index contributed by atoms with van der Waals surface area (Å²) in [4.78, 5) is 10.9. The summed E-state index contributed by atoms with van der Waals surface area (Å²) in [5.41, 5.74) is 5.14. The molecule has 1 rings (SSSR count). The summed E-state index contributed by atoms with van der Waals surface area (Å²) in [6, 6.07) is 6.87. The molecule has 0 fully saturated rings. The van der Waals surface area contributed by atoms with Crippen LogP contribution in [0.3, 0.4) is 0 Å². The molecule has 1 atom stereocenters. The fraction of sp³-hybridized carbons (Fsp3) is 0.300. The molecule has 0 bridgehead atoms. The number of carbonyl (C=O) groups is 1. The molecule has 0 saturated heterocycles. The van der Waals surface area contributed by atoms with Crippen LogP contribution in [0, 0.1) is 0 Å². The van der Waals surface area contributed by atoms with E-state index in [9.17, 15) is 4.79 Å². The van der Waals surface area contributed by atoms with E-state index in [1.807, 2.05) is 6.92 Å². The Balaban J connectivity index is 2.72. The van der Waals surface area contributed by atoms with Crippen molar-refractivity contribution < 1.29 is 9.53 Å². The molecule has 0 aliphatic rings. The van der Waals surface area contributed by atoms with Gasteiger partial charge >= 0.3 is 0 Å². The second-order valence-corrected chi connectivity index (χ2v) is 3.31. The lowest BCUT2D eigenvalue weighted by atomic mass is 10.2. The van der Waals surface area contributed by atoms with E-state index in [0.29, 0.717) is 17.2 Å². The van der Waals surface area contributed by atoms with Gasteiger partial charge in [-0.3, -0.25) is 4.79 Å². The molecule has 14 heavy (non-hydrogen) atoms.